The SMILES string of the molecule is CON(C)C(=O)c1ccc(-c2ccccc2-c2c(-c3ccc(C4(NC(=O)OC(C)(C)C)CCC4)cc3)nc3cccnn23)cc1. The number of nitrogens with zero attached hydrogens (tertiary/aromatic N) is 4. The maximum Gasteiger partial charge on any atom is 0.408 e. The van der Waals surface area contributed by atoms with Gasteiger partial charge < -0.3 is 10.1 Å². The minimum atomic E-state index is -0.567. The summed E-state index contributed by atoms with van der Waals surface area (Å²) in [6.07, 6.45) is 4.10. The van der Waals surface area contributed by atoms with Gasteiger partial charge in [0.25, 0.3) is 5.91 Å². The number of fused-ring (bicyclic) bond motifs is 1. The molecule has 1 fully saturated rings. The lowest BCUT2D eigenvalue weighted by atomic mass is 9.71. The van der Waals surface area contributed by atoms with Crippen molar-refractivity contribution < 1.29 is 19.2 Å². The Kier molecular flexibility index (Phi) is 7.88. The van der Waals surface area contributed by atoms with Crippen molar-refractivity contribution in [2.75, 3.05) is 14.2 Å². The lowest BCUT2D eigenvalue weighted by Crippen LogP contribution is -2.52. The maximum absolute atomic E-state index is 12.7. The average molecular weight is 604 g/mol. The Bertz CT molecular complexity index is 1850. The van der Waals surface area contributed by atoms with Crippen molar-refractivity contribution in [2.24, 2.45) is 0 Å². The molecule has 0 spiro atoms. The van der Waals surface area contributed by atoms with Crippen molar-refractivity contribution >= 4 is 17.6 Å². The summed E-state index contributed by atoms with van der Waals surface area (Å²) in [4.78, 5) is 35.4. The summed E-state index contributed by atoms with van der Waals surface area (Å²) in [5, 5.41) is 9.02. The third-order valence-corrected chi connectivity index (χ3v) is 8.24. The number of alkyl carbamates (subject to hydrolysis) is 1. The molecule has 45 heavy (non-hydrogen) atoms. The van der Waals surface area contributed by atoms with Crippen molar-refractivity contribution in [3.05, 3.63) is 102 Å². The van der Waals surface area contributed by atoms with Gasteiger partial charge in [0, 0.05) is 29.9 Å². The van der Waals surface area contributed by atoms with Crippen molar-refractivity contribution in [1.82, 2.24) is 25.0 Å². The predicted molar refractivity (Wildman–Crippen MR) is 173 cm³/mol. The van der Waals surface area contributed by atoms with Gasteiger partial charge >= 0.3 is 6.09 Å². The molecule has 230 valence electrons. The minimum absolute atomic E-state index is 0.223. The number of amides is 2. The van der Waals surface area contributed by atoms with Crippen molar-refractivity contribution in [3.8, 4) is 33.6 Å². The molecule has 1 aliphatic carbocycles. The number of hydrogen-bond acceptors (Lipinski definition) is 6. The van der Waals surface area contributed by atoms with E-state index in [2.05, 4.69) is 46.8 Å². The summed E-state index contributed by atoms with van der Waals surface area (Å²) >= 11 is 0. The average Bonchev–Trinajstić information content (AvgIpc) is 3.41. The smallest absolute Gasteiger partial charge is 0.408 e. The normalized spacial score (nSPS) is 14.1. The molecule has 0 atom stereocenters. The molecule has 2 aromatic heterocycles. The van der Waals surface area contributed by atoms with E-state index in [-0.39, 0.29) is 5.91 Å². The topological polar surface area (TPSA) is 98.1 Å². The van der Waals surface area contributed by atoms with Gasteiger partial charge in [-0.2, -0.15) is 5.10 Å². The van der Waals surface area contributed by atoms with Crippen LogP contribution in [0.25, 0.3) is 39.3 Å². The van der Waals surface area contributed by atoms with E-state index in [4.69, 9.17) is 14.6 Å². The number of rotatable bonds is 7. The Morgan fingerprint density at radius 2 is 1.56 bits per heavy atom. The monoisotopic (exact) mass is 603 g/mol. The Balaban J connectivity index is 1.39. The summed E-state index contributed by atoms with van der Waals surface area (Å²) in [5.41, 5.74) is 6.78. The summed E-state index contributed by atoms with van der Waals surface area (Å²) in [5.74, 6) is -0.223. The van der Waals surface area contributed by atoms with E-state index >= 15 is 0 Å². The predicted octanol–water partition coefficient (Wildman–Crippen LogP) is 7.27. The van der Waals surface area contributed by atoms with Crippen molar-refractivity contribution in [2.45, 2.75) is 51.2 Å². The third kappa shape index (κ3) is 5.91. The number of ether oxygens (including phenoxy) is 1. The van der Waals surface area contributed by atoms with Crippen molar-refractivity contribution in [1.29, 1.82) is 0 Å². The summed E-state index contributed by atoms with van der Waals surface area (Å²) < 4.78 is 7.44. The second kappa shape index (κ2) is 11.8. The molecule has 3 aromatic carbocycles. The molecular formula is C36H37N5O4. The molecule has 0 saturated heterocycles. The highest BCUT2D eigenvalue weighted by atomic mass is 16.7. The fourth-order valence-corrected chi connectivity index (χ4v) is 5.79. The Hall–Kier alpha value is -5.02. The molecular weight excluding hydrogens is 566 g/mol. The van der Waals surface area contributed by atoms with Gasteiger partial charge in [-0.15, -0.1) is 0 Å². The first-order chi connectivity index (χ1) is 21.6. The molecule has 9 heteroatoms. The molecule has 5 aromatic rings. The molecule has 1 saturated carbocycles. The largest absolute Gasteiger partial charge is 0.444 e. The highest BCUT2D eigenvalue weighted by Gasteiger charge is 2.41. The van der Waals surface area contributed by atoms with Gasteiger partial charge in [0.2, 0.25) is 0 Å². The van der Waals surface area contributed by atoms with E-state index in [1.807, 2.05) is 61.7 Å². The number of carbonyl (C=O) groups is 2. The number of benzene rings is 3. The number of hydroxylamine groups is 2. The van der Waals surface area contributed by atoms with Gasteiger partial charge in [-0.1, -0.05) is 60.7 Å². The maximum atomic E-state index is 12.7. The van der Waals surface area contributed by atoms with Crippen LogP contribution in [-0.4, -0.2) is 51.4 Å². The van der Waals surface area contributed by atoms with E-state index in [0.717, 1.165) is 64.1 Å². The van der Waals surface area contributed by atoms with Crippen LogP contribution in [0.3, 0.4) is 0 Å². The molecule has 2 heterocycles. The lowest BCUT2D eigenvalue weighted by Gasteiger charge is -2.43. The first-order valence-electron chi connectivity index (χ1n) is 15.1. The quantitative estimate of drug-likeness (QED) is 0.197. The molecule has 1 aliphatic rings. The van der Waals surface area contributed by atoms with Gasteiger partial charge in [0.15, 0.2) is 5.65 Å². The van der Waals surface area contributed by atoms with Crippen LogP contribution < -0.4 is 5.32 Å². The number of nitrogens with one attached hydrogen (secondary N) is 1. The molecule has 0 aliphatic heterocycles. The fourth-order valence-electron chi connectivity index (χ4n) is 5.79. The Labute approximate surface area is 262 Å². The van der Waals surface area contributed by atoms with E-state index in [9.17, 15) is 9.59 Å². The minimum Gasteiger partial charge on any atom is -0.444 e. The van der Waals surface area contributed by atoms with Crippen LogP contribution in [0.1, 0.15) is 56.0 Å². The van der Waals surface area contributed by atoms with Gasteiger partial charge in [0.1, 0.15) is 11.3 Å². The zero-order chi connectivity index (χ0) is 31.8. The second-order valence-electron chi connectivity index (χ2n) is 12.4. The van der Waals surface area contributed by atoms with E-state index in [0.29, 0.717) is 5.56 Å². The van der Waals surface area contributed by atoms with Gasteiger partial charge in [-0.05, 0) is 81.0 Å². The van der Waals surface area contributed by atoms with Crippen LogP contribution in [0.2, 0.25) is 0 Å². The zero-order valence-corrected chi connectivity index (χ0v) is 26.2. The molecule has 6 rings (SSSR count). The van der Waals surface area contributed by atoms with Crippen LogP contribution in [0.15, 0.2) is 91.1 Å². The van der Waals surface area contributed by atoms with Crippen LogP contribution in [-0.2, 0) is 15.1 Å². The summed E-state index contributed by atoms with van der Waals surface area (Å²) in [7, 11) is 3.05. The fraction of sp³-hybridized carbons (Fsp3) is 0.278. The van der Waals surface area contributed by atoms with E-state index in [1.165, 1.54) is 12.2 Å². The molecule has 9 nitrogen and oxygen atoms in total. The Morgan fingerprint density at radius 1 is 0.889 bits per heavy atom. The molecule has 0 bridgehead atoms. The van der Waals surface area contributed by atoms with Crippen LogP contribution >= 0.6 is 0 Å². The molecule has 0 radical (unpaired) electrons. The molecule has 0 unspecified atom stereocenters. The van der Waals surface area contributed by atoms with Gasteiger partial charge in [0.05, 0.1) is 18.3 Å². The second-order valence-corrected chi connectivity index (χ2v) is 12.4. The van der Waals surface area contributed by atoms with Gasteiger partial charge in [-0.3, -0.25) is 9.63 Å². The van der Waals surface area contributed by atoms with Gasteiger partial charge in [-0.25, -0.2) is 19.4 Å². The number of hydrogen-bond donors (Lipinski definition) is 1. The number of aromatic nitrogens is 3. The van der Waals surface area contributed by atoms with Crippen LogP contribution in [0.4, 0.5) is 4.79 Å². The van der Waals surface area contributed by atoms with Crippen molar-refractivity contribution in [3.63, 3.8) is 0 Å². The standard InChI is InChI=1S/C36H37N5O4/c1-35(2,3)45-34(43)39-36(21-9-22-36)27-19-17-25(18-20-27)31-32(41-30(38-31)12-8-23-37-41)29-11-7-6-10-28(29)24-13-15-26(16-14-24)33(42)40(4)44-5/h6-8,10-20,23H,9,21-22H2,1-5H3,(H,39,43). The Morgan fingerprint density at radius 3 is 2.18 bits per heavy atom. The van der Waals surface area contributed by atoms with E-state index in [1.54, 1.807) is 25.4 Å². The summed E-state index contributed by atoms with van der Waals surface area (Å²) in [6, 6.07) is 27.7. The van der Waals surface area contributed by atoms with Crippen LogP contribution in [0, 0.1) is 0 Å². The molecule has 2 amide bonds. The highest BCUT2D eigenvalue weighted by Crippen LogP contribution is 2.43. The highest BCUT2D eigenvalue weighted by molar-refractivity contribution is 5.95. The van der Waals surface area contributed by atoms with Crippen LogP contribution in [0.5, 0.6) is 0 Å². The molecule has 1 N–H and O–H groups in total. The first kappa shape index (κ1) is 30.0. The van der Waals surface area contributed by atoms with E-state index < -0.39 is 17.2 Å². The number of imidazole rings is 1. The lowest BCUT2D eigenvalue weighted by molar-refractivity contribution is -0.0756. The zero-order valence-electron chi connectivity index (χ0n) is 26.2. The first-order valence-corrected chi connectivity index (χ1v) is 15.1. The number of carbonyl (C=O) groups excluding carboxylic acids is 2. The summed E-state index contributed by atoms with van der Waals surface area (Å²) in [6.45, 7) is 5.60. The third-order valence-electron chi connectivity index (χ3n) is 8.24.